The van der Waals surface area contributed by atoms with Crippen molar-refractivity contribution < 1.29 is 0 Å². The van der Waals surface area contributed by atoms with Gasteiger partial charge in [-0.25, -0.2) is 4.68 Å². The molecule has 6 heteroatoms. The van der Waals surface area contributed by atoms with Crippen LogP contribution in [0.1, 0.15) is 5.56 Å². The van der Waals surface area contributed by atoms with Gasteiger partial charge in [0.05, 0.1) is 17.6 Å². The van der Waals surface area contributed by atoms with Crippen molar-refractivity contribution in [1.29, 1.82) is 5.26 Å². The van der Waals surface area contributed by atoms with E-state index in [9.17, 15) is 0 Å². The number of nitrogen functional groups attached to an aromatic ring is 1. The van der Waals surface area contributed by atoms with Crippen LogP contribution in [0, 0.1) is 10.7 Å². The van der Waals surface area contributed by atoms with Crippen molar-refractivity contribution in [3.05, 3.63) is 36.3 Å². The van der Waals surface area contributed by atoms with Crippen LogP contribution in [0.5, 0.6) is 0 Å². The minimum atomic E-state index is 0.510. The predicted octanol–water partition coefficient (Wildman–Crippen LogP) is 1.48. The van der Waals surface area contributed by atoms with Gasteiger partial charge in [-0.2, -0.15) is 10.4 Å². The van der Waals surface area contributed by atoms with Crippen LogP contribution < -0.4 is 5.73 Å². The number of rotatable bonds is 3. The van der Waals surface area contributed by atoms with Gasteiger partial charge in [0, 0.05) is 12.4 Å². The first-order chi connectivity index (χ1) is 7.81. The predicted molar refractivity (Wildman–Crippen MR) is 61.4 cm³/mol. The molecular formula is C10H9N5S. The Morgan fingerprint density at radius 3 is 3.06 bits per heavy atom. The molecule has 0 atom stereocenters. The summed E-state index contributed by atoms with van der Waals surface area (Å²) in [6.45, 7) is 0.561. The first-order valence-corrected chi connectivity index (χ1v) is 5.39. The van der Waals surface area contributed by atoms with Crippen molar-refractivity contribution in [3.8, 4) is 5.40 Å². The lowest BCUT2D eigenvalue weighted by Crippen LogP contribution is -2.06. The highest BCUT2D eigenvalue weighted by Gasteiger charge is 2.07. The van der Waals surface area contributed by atoms with Gasteiger partial charge in [-0.05, 0) is 23.4 Å². The zero-order valence-electron chi connectivity index (χ0n) is 8.37. The molecule has 2 N–H and O–H groups in total. The maximum Gasteiger partial charge on any atom is 0.138 e. The Balaban J connectivity index is 2.20. The number of thioether (sulfide) groups is 1. The van der Waals surface area contributed by atoms with Crippen LogP contribution in [0.3, 0.4) is 0 Å². The second-order valence-electron chi connectivity index (χ2n) is 3.11. The number of nitrogens with zero attached hydrogens (tertiary/aromatic N) is 4. The molecule has 16 heavy (non-hydrogen) atoms. The first kappa shape index (κ1) is 10.5. The van der Waals surface area contributed by atoms with Crippen molar-refractivity contribution in [2.45, 2.75) is 11.4 Å². The third-order valence-electron chi connectivity index (χ3n) is 2.06. The van der Waals surface area contributed by atoms with Gasteiger partial charge in [0.15, 0.2) is 0 Å². The molecule has 0 amide bonds. The van der Waals surface area contributed by atoms with E-state index in [1.165, 1.54) is 0 Å². The highest BCUT2D eigenvalue weighted by Crippen LogP contribution is 2.23. The molecule has 0 unspecified atom stereocenters. The largest absolute Gasteiger partial charge is 0.383 e. The Bertz CT molecular complexity index is 514. The number of nitrogens with two attached hydrogens (primary N) is 1. The molecule has 2 rings (SSSR count). The van der Waals surface area contributed by atoms with Gasteiger partial charge >= 0.3 is 0 Å². The van der Waals surface area contributed by atoms with Crippen molar-refractivity contribution >= 4 is 17.6 Å². The van der Waals surface area contributed by atoms with Crippen LogP contribution in [0.2, 0.25) is 0 Å². The van der Waals surface area contributed by atoms with E-state index in [0.717, 1.165) is 17.3 Å². The standard InChI is InChI=1S/C10H9N5S/c11-7-16-9-5-14-15(10(9)12)6-8-2-1-3-13-4-8/h1-5H,6,12H2. The second kappa shape index (κ2) is 4.68. The summed E-state index contributed by atoms with van der Waals surface area (Å²) in [6.07, 6.45) is 5.07. The number of hydrogen-bond donors (Lipinski definition) is 1. The highest BCUT2D eigenvalue weighted by molar-refractivity contribution is 8.03. The van der Waals surface area contributed by atoms with Gasteiger partial charge in [0.2, 0.25) is 0 Å². The number of hydrogen-bond acceptors (Lipinski definition) is 5. The van der Waals surface area contributed by atoms with Crippen LogP contribution in [0.25, 0.3) is 0 Å². The Morgan fingerprint density at radius 1 is 1.50 bits per heavy atom. The van der Waals surface area contributed by atoms with Gasteiger partial charge in [-0.15, -0.1) is 0 Å². The number of thiocyanates is 1. The highest BCUT2D eigenvalue weighted by atomic mass is 32.2. The minimum absolute atomic E-state index is 0.510. The van der Waals surface area contributed by atoms with E-state index < -0.39 is 0 Å². The molecule has 0 aliphatic carbocycles. The smallest absolute Gasteiger partial charge is 0.138 e. The van der Waals surface area contributed by atoms with Crippen LogP contribution in [-0.4, -0.2) is 14.8 Å². The number of pyridine rings is 1. The Labute approximate surface area is 96.9 Å². The molecule has 2 heterocycles. The van der Waals surface area contributed by atoms with Gasteiger partial charge in [0.1, 0.15) is 11.2 Å². The summed E-state index contributed by atoms with van der Waals surface area (Å²) in [6, 6.07) is 3.81. The second-order valence-corrected chi connectivity index (χ2v) is 3.93. The molecule has 0 spiro atoms. The monoisotopic (exact) mass is 231 g/mol. The summed E-state index contributed by atoms with van der Waals surface area (Å²) in [4.78, 5) is 4.70. The third kappa shape index (κ3) is 2.15. The van der Waals surface area contributed by atoms with Gasteiger partial charge in [-0.1, -0.05) is 6.07 Å². The Hall–Kier alpha value is -2.00. The number of nitriles is 1. The number of anilines is 1. The van der Waals surface area contributed by atoms with Gasteiger partial charge in [-0.3, -0.25) is 4.98 Å². The van der Waals surface area contributed by atoms with Gasteiger partial charge < -0.3 is 5.73 Å². The maximum atomic E-state index is 8.55. The average Bonchev–Trinajstić information content (AvgIpc) is 2.64. The van der Waals surface area contributed by atoms with Crippen molar-refractivity contribution in [2.24, 2.45) is 0 Å². The third-order valence-corrected chi connectivity index (χ3v) is 2.68. The summed E-state index contributed by atoms with van der Waals surface area (Å²) in [5.41, 5.74) is 6.86. The zero-order valence-corrected chi connectivity index (χ0v) is 9.18. The lowest BCUT2D eigenvalue weighted by molar-refractivity contribution is 0.694. The van der Waals surface area contributed by atoms with Crippen LogP contribution >= 0.6 is 11.8 Å². The first-order valence-electron chi connectivity index (χ1n) is 4.57. The molecule has 5 nitrogen and oxygen atoms in total. The molecule has 0 radical (unpaired) electrons. The fraction of sp³-hybridized carbons (Fsp3) is 0.100. The topological polar surface area (TPSA) is 80.5 Å². The molecule has 0 aliphatic rings. The van der Waals surface area contributed by atoms with E-state index in [1.54, 1.807) is 23.3 Å². The van der Waals surface area contributed by atoms with Crippen LogP contribution in [-0.2, 0) is 6.54 Å². The normalized spacial score (nSPS) is 9.94. The molecule has 2 aromatic rings. The van der Waals surface area contributed by atoms with Crippen molar-refractivity contribution in [2.75, 3.05) is 5.73 Å². The molecule has 0 aromatic carbocycles. The fourth-order valence-electron chi connectivity index (χ4n) is 1.30. The molecule has 80 valence electrons. The Kier molecular flexibility index (Phi) is 3.08. The zero-order chi connectivity index (χ0) is 11.4. The molecule has 2 aromatic heterocycles. The minimum Gasteiger partial charge on any atom is -0.383 e. The summed E-state index contributed by atoms with van der Waals surface area (Å²) in [7, 11) is 0. The average molecular weight is 231 g/mol. The summed E-state index contributed by atoms with van der Waals surface area (Å²) >= 11 is 1.01. The summed E-state index contributed by atoms with van der Waals surface area (Å²) in [5, 5.41) is 14.6. The van der Waals surface area contributed by atoms with Crippen molar-refractivity contribution in [1.82, 2.24) is 14.8 Å². The lowest BCUT2D eigenvalue weighted by atomic mass is 10.3. The van der Waals surface area contributed by atoms with E-state index in [4.69, 9.17) is 11.0 Å². The Morgan fingerprint density at radius 2 is 2.38 bits per heavy atom. The van der Waals surface area contributed by atoms with Crippen molar-refractivity contribution in [3.63, 3.8) is 0 Å². The SMILES string of the molecule is N#CSc1cnn(Cc2cccnc2)c1N. The van der Waals surface area contributed by atoms with Gasteiger partial charge in [0.25, 0.3) is 0 Å². The van der Waals surface area contributed by atoms with E-state index in [1.807, 2.05) is 17.5 Å². The van der Waals surface area contributed by atoms with Crippen LogP contribution in [0.4, 0.5) is 5.82 Å². The maximum absolute atomic E-state index is 8.55. The molecule has 0 bridgehead atoms. The summed E-state index contributed by atoms with van der Waals surface area (Å²) < 4.78 is 1.65. The lowest BCUT2D eigenvalue weighted by Gasteiger charge is -2.03. The molecular weight excluding hydrogens is 222 g/mol. The molecule has 0 aliphatic heterocycles. The fourth-order valence-corrected chi connectivity index (χ4v) is 1.70. The van der Waals surface area contributed by atoms with E-state index >= 15 is 0 Å². The molecule has 0 saturated carbocycles. The quantitative estimate of drug-likeness (QED) is 0.639. The van der Waals surface area contributed by atoms with E-state index in [2.05, 4.69) is 10.1 Å². The summed E-state index contributed by atoms with van der Waals surface area (Å²) in [5.74, 6) is 0.510. The molecule has 0 fully saturated rings. The van der Waals surface area contributed by atoms with E-state index in [0.29, 0.717) is 17.3 Å². The van der Waals surface area contributed by atoms with Crippen LogP contribution in [0.15, 0.2) is 35.6 Å². The number of aromatic nitrogens is 3. The molecule has 0 saturated heterocycles. The van der Waals surface area contributed by atoms with E-state index in [-0.39, 0.29) is 0 Å².